The second-order valence-electron chi connectivity index (χ2n) is 15.5. The Bertz CT molecular complexity index is 2370. The molecule has 14 heteroatoms. The Labute approximate surface area is 333 Å². The molecule has 2 aromatic heterocycles. The van der Waals surface area contributed by atoms with Crippen molar-refractivity contribution in [3.05, 3.63) is 86.9 Å². The fraction of sp³-hybridized carbons (Fsp3) is 0.419. The molecule has 2 aliphatic carbocycles. The number of nitrogens with zero attached hydrogens (tertiary/aromatic N) is 4. The molecule has 4 heterocycles. The highest BCUT2D eigenvalue weighted by atomic mass is 35.5. The average Bonchev–Trinajstić information content (AvgIpc) is 4.03. The smallest absolute Gasteiger partial charge is 0.387 e. The van der Waals surface area contributed by atoms with Crippen molar-refractivity contribution in [1.29, 1.82) is 0 Å². The largest absolute Gasteiger partial charge is 0.481 e. The van der Waals surface area contributed by atoms with Crippen LogP contribution in [-0.2, 0) is 24.2 Å². The van der Waals surface area contributed by atoms with E-state index in [4.69, 9.17) is 35.2 Å². The molecular weight excluding hydrogens is 758 g/mol. The minimum atomic E-state index is -3.06. The third kappa shape index (κ3) is 6.98. The molecule has 2 aliphatic heterocycles. The summed E-state index contributed by atoms with van der Waals surface area (Å²) in [6.07, 6.45) is 3.32. The van der Waals surface area contributed by atoms with Gasteiger partial charge in [0.05, 0.1) is 19.1 Å². The van der Waals surface area contributed by atoms with Gasteiger partial charge in [-0.2, -0.15) is 13.8 Å². The van der Waals surface area contributed by atoms with Crippen molar-refractivity contribution in [1.82, 2.24) is 19.8 Å². The van der Waals surface area contributed by atoms with Crippen LogP contribution in [0.1, 0.15) is 71.2 Å². The van der Waals surface area contributed by atoms with Crippen LogP contribution in [0.25, 0.3) is 33.7 Å². The number of pyridine rings is 1. The number of ether oxygens (including phenoxy) is 3. The molecule has 0 radical (unpaired) electrons. The molecule has 0 spiro atoms. The van der Waals surface area contributed by atoms with E-state index in [1.807, 2.05) is 37.3 Å². The summed E-state index contributed by atoms with van der Waals surface area (Å²) in [7, 11) is 1.57. The molecule has 2 N–H and O–H groups in total. The average molecular weight is 801 g/mol. The van der Waals surface area contributed by atoms with E-state index in [1.54, 1.807) is 7.11 Å². The molecule has 298 valence electrons. The molecule has 4 atom stereocenters. The Kier molecular flexibility index (Phi) is 10.0. The third-order valence-corrected chi connectivity index (χ3v) is 12.4. The van der Waals surface area contributed by atoms with Crippen LogP contribution in [0.5, 0.6) is 17.5 Å². The summed E-state index contributed by atoms with van der Waals surface area (Å²) in [6, 6.07) is 15.7. The number of aromatic nitrogens is 2. The van der Waals surface area contributed by atoms with Crippen LogP contribution in [0.3, 0.4) is 0 Å². The number of methoxy groups -OCH3 is 1. The number of oxazole rings is 1. The van der Waals surface area contributed by atoms with Gasteiger partial charge in [-0.25, -0.2) is 4.98 Å². The van der Waals surface area contributed by atoms with Gasteiger partial charge >= 0.3 is 12.6 Å². The van der Waals surface area contributed by atoms with Crippen LogP contribution < -0.4 is 14.2 Å². The predicted molar refractivity (Wildman–Crippen MR) is 208 cm³/mol. The number of carboxylic acids is 1. The Morgan fingerprint density at radius 1 is 0.965 bits per heavy atom. The minimum Gasteiger partial charge on any atom is -0.481 e. The number of aliphatic carboxylic acids is 1. The van der Waals surface area contributed by atoms with Crippen molar-refractivity contribution in [3.63, 3.8) is 0 Å². The van der Waals surface area contributed by atoms with Crippen LogP contribution in [0.15, 0.2) is 52.9 Å². The van der Waals surface area contributed by atoms with Crippen LogP contribution in [0, 0.1) is 12.8 Å². The number of aliphatic hydroxyl groups excluding tert-OH is 1. The van der Waals surface area contributed by atoms with Gasteiger partial charge in [-0.15, -0.1) is 0 Å². The zero-order valence-corrected chi connectivity index (χ0v) is 32.4. The molecule has 2 fully saturated rings. The lowest BCUT2D eigenvalue weighted by atomic mass is 9.91. The number of hydrogen-bond acceptors (Lipinski definition) is 10. The topological polar surface area (TPSA) is 131 Å². The first-order chi connectivity index (χ1) is 27.6. The number of halogens is 3. The van der Waals surface area contributed by atoms with Crippen molar-refractivity contribution in [2.24, 2.45) is 5.92 Å². The summed E-state index contributed by atoms with van der Waals surface area (Å²) in [6.45, 7) is 1.91. The Morgan fingerprint density at radius 2 is 1.75 bits per heavy atom. The van der Waals surface area contributed by atoms with Crippen molar-refractivity contribution in [2.45, 2.75) is 76.9 Å². The number of β-amino-alcohol motifs (C(OH)–C–C–N with tert-alkyl or cyclic N) is 1. The van der Waals surface area contributed by atoms with Crippen molar-refractivity contribution in [3.8, 4) is 40.1 Å². The standard InChI is InChI=1S/C43H43ClF2N4O7/c1-22-26(28-7-4-8-30-29(28)10-12-36(30)55-41-33(44)17-24(39(48-41)54-2)19-49-15-14-25(51)21-49)5-3-6-27(22)40-47-34-18-32-31(37(38(34)56-40)57-43(45)46)9-11-35(32)50-16-13-23(20-50)42(52)53/h3-8,17-18,23,25,35-36,43,51H,9-16,19-21H2,1-2H3,(H,52,53)/t23-,25-,35-,36+/m1/s1. The highest BCUT2D eigenvalue weighted by Crippen LogP contribution is 2.48. The number of carboxylic acid groups (broad SMARTS) is 1. The first-order valence-corrected chi connectivity index (χ1v) is 19.8. The van der Waals surface area contributed by atoms with Crippen LogP contribution in [0.4, 0.5) is 8.78 Å². The first-order valence-electron chi connectivity index (χ1n) is 19.5. The summed E-state index contributed by atoms with van der Waals surface area (Å²) in [5.74, 6) is -0.237. The molecule has 2 saturated heterocycles. The second kappa shape index (κ2) is 15.2. The number of carbonyl (C=O) groups is 1. The molecule has 0 saturated carbocycles. The lowest BCUT2D eigenvalue weighted by Gasteiger charge is -2.24. The summed E-state index contributed by atoms with van der Waals surface area (Å²) >= 11 is 6.75. The number of rotatable bonds is 11. The van der Waals surface area contributed by atoms with Crippen molar-refractivity contribution in [2.75, 3.05) is 33.3 Å². The zero-order valence-electron chi connectivity index (χ0n) is 31.6. The van der Waals surface area contributed by atoms with E-state index < -0.39 is 18.5 Å². The molecule has 4 aliphatic rings. The molecule has 5 aromatic rings. The highest BCUT2D eigenvalue weighted by Gasteiger charge is 2.39. The van der Waals surface area contributed by atoms with E-state index in [0.717, 1.165) is 70.3 Å². The fourth-order valence-corrected chi connectivity index (χ4v) is 9.63. The van der Waals surface area contributed by atoms with E-state index in [2.05, 4.69) is 33.0 Å². The van der Waals surface area contributed by atoms with Gasteiger partial charge in [0, 0.05) is 48.9 Å². The number of alkyl halides is 2. The number of benzene rings is 3. The minimum absolute atomic E-state index is 0.00161. The lowest BCUT2D eigenvalue weighted by Crippen LogP contribution is -2.26. The summed E-state index contributed by atoms with van der Waals surface area (Å²) in [5.41, 5.74) is 8.76. The maximum Gasteiger partial charge on any atom is 0.387 e. The van der Waals surface area contributed by atoms with Gasteiger partial charge in [0.2, 0.25) is 17.7 Å². The number of fused-ring (bicyclic) bond motifs is 3. The molecule has 0 bridgehead atoms. The van der Waals surface area contributed by atoms with Crippen LogP contribution >= 0.6 is 11.6 Å². The van der Waals surface area contributed by atoms with Gasteiger partial charge in [-0.05, 0) is 104 Å². The predicted octanol–water partition coefficient (Wildman–Crippen LogP) is 8.16. The highest BCUT2D eigenvalue weighted by molar-refractivity contribution is 6.31. The number of likely N-dealkylation sites (tertiary alicyclic amines) is 2. The van der Waals surface area contributed by atoms with E-state index in [9.17, 15) is 23.8 Å². The second-order valence-corrected chi connectivity index (χ2v) is 15.9. The van der Waals surface area contributed by atoms with E-state index in [1.165, 1.54) is 0 Å². The van der Waals surface area contributed by atoms with Gasteiger partial charge < -0.3 is 28.8 Å². The van der Waals surface area contributed by atoms with Gasteiger partial charge in [-0.3, -0.25) is 14.6 Å². The molecule has 11 nitrogen and oxygen atoms in total. The SMILES string of the molecule is COc1nc(O[C@H]2CCc3c(-c4cccc(-c5nc6cc7c(c(OC(F)F)c6o5)CC[C@H]7N5CC[C@@H](C(=O)O)C5)c4C)cccc32)c(Cl)cc1CN1CC[C@@H](O)C1. The molecular formula is C43H43ClF2N4O7. The quantitative estimate of drug-likeness (QED) is 0.134. The first kappa shape index (κ1) is 37.7. The molecule has 9 rings (SSSR count). The normalized spacial score (nSPS) is 22.1. The summed E-state index contributed by atoms with van der Waals surface area (Å²) in [5, 5.41) is 20.0. The van der Waals surface area contributed by atoms with Gasteiger partial charge in [0.15, 0.2) is 11.3 Å². The van der Waals surface area contributed by atoms with E-state index in [-0.39, 0.29) is 29.6 Å². The summed E-state index contributed by atoms with van der Waals surface area (Å²) in [4.78, 5) is 25.5. The van der Waals surface area contributed by atoms with Crippen LogP contribution in [-0.4, -0.2) is 82.0 Å². The number of aliphatic hydroxyl groups is 1. The van der Waals surface area contributed by atoms with Gasteiger partial charge in [0.25, 0.3) is 0 Å². The zero-order chi connectivity index (χ0) is 39.5. The molecule has 0 unspecified atom stereocenters. The Balaban J connectivity index is 1.01. The fourth-order valence-electron chi connectivity index (χ4n) is 9.42. The third-order valence-electron chi connectivity index (χ3n) is 12.2. The van der Waals surface area contributed by atoms with E-state index >= 15 is 0 Å². The monoisotopic (exact) mass is 800 g/mol. The maximum atomic E-state index is 13.9. The number of hydrogen-bond donors (Lipinski definition) is 2. The molecule has 3 aromatic carbocycles. The maximum absolute atomic E-state index is 13.9. The lowest BCUT2D eigenvalue weighted by molar-refractivity contribution is -0.141. The Morgan fingerprint density at radius 3 is 2.51 bits per heavy atom. The van der Waals surface area contributed by atoms with Crippen LogP contribution in [0.2, 0.25) is 5.02 Å². The summed E-state index contributed by atoms with van der Waals surface area (Å²) < 4.78 is 51.4. The van der Waals surface area contributed by atoms with Crippen molar-refractivity contribution >= 4 is 28.7 Å². The molecule has 57 heavy (non-hydrogen) atoms. The van der Waals surface area contributed by atoms with Gasteiger partial charge in [0.1, 0.15) is 16.6 Å². The van der Waals surface area contributed by atoms with Gasteiger partial charge in [-0.1, -0.05) is 41.9 Å². The van der Waals surface area contributed by atoms with Crippen molar-refractivity contribution < 1.29 is 42.4 Å². The molecule has 0 amide bonds. The van der Waals surface area contributed by atoms with E-state index in [0.29, 0.717) is 79.2 Å². The Hall–Kier alpha value is -4.82.